The lowest BCUT2D eigenvalue weighted by molar-refractivity contribution is 0.713. The van der Waals surface area contributed by atoms with E-state index >= 15 is 0 Å². The Bertz CT molecular complexity index is 730. The van der Waals surface area contributed by atoms with E-state index in [9.17, 15) is 4.79 Å². The maximum atomic E-state index is 11.9. The average molecular weight is 235 g/mol. The summed E-state index contributed by atoms with van der Waals surface area (Å²) >= 11 is 5.62. The maximum Gasteiger partial charge on any atom is 0.352 e. The number of hydrogen-bond donors (Lipinski definition) is 0. The second kappa shape index (κ2) is 3.31. The molecular formula is C10H7ClN4O. The van der Waals surface area contributed by atoms with Crippen LogP contribution in [0.25, 0.3) is 16.7 Å². The van der Waals surface area contributed by atoms with Crippen molar-refractivity contribution in [2.24, 2.45) is 0 Å². The summed E-state index contributed by atoms with van der Waals surface area (Å²) in [6, 6.07) is 7.44. The number of aromatic nitrogens is 4. The van der Waals surface area contributed by atoms with Crippen LogP contribution in [-0.4, -0.2) is 19.2 Å². The van der Waals surface area contributed by atoms with Crippen LogP contribution in [0.15, 0.2) is 35.3 Å². The van der Waals surface area contributed by atoms with Crippen LogP contribution < -0.4 is 5.69 Å². The largest absolute Gasteiger partial charge is 0.352 e. The zero-order valence-corrected chi connectivity index (χ0v) is 8.92. The Kier molecular flexibility index (Phi) is 1.94. The van der Waals surface area contributed by atoms with Crippen molar-refractivity contribution in [3.05, 3.63) is 40.9 Å². The van der Waals surface area contributed by atoms with Gasteiger partial charge in [-0.25, -0.2) is 9.20 Å². The standard InChI is InChI=1S/C10H7ClN4O/c11-6-14-10(16)15-8-4-2-1-3-7(8)12-5-9(15)13-14/h1-5H,6H2. The first-order chi connectivity index (χ1) is 7.81. The molecular weight excluding hydrogens is 228 g/mol. The van der Waals surface area contributed by atoms with Gasteiger partial charge in [-0.1, -0.05) is 12.1 Å². The molecule has 16 heavy (non-hydrogen) atoms. The highest BCUT2D eigenvalue weighted by atomic mass is 35.5. The van der Waals surface area contributed by atoms with Gasteiger partial charge in [0.25, 0.3) is 0 Å². The molecule has 3 aromatic rings. The van der Waals surface area contributed by atoms with E-state index in [1.807, 2.05) is 24.3 Å². The predicted octanol–water partition coefficient (Wildman–Crippen LogP) is 1.24. The normalized spacial score (nSPS) is 11.3. The van der Waals surface area contributed by atoms with Gasteiger partial charge in [-0.3, -0.25) is 4.98 Å². The van der Waals surface area contributed by atoms with Crippen LogP contribution >= 0.6 is 11.6 Å². The van der Waals surface area contributed by atoms with Crippen molar-refractivity contribution in [2.75, 3.05) is 0 Å². The molecule has 80 valence electrons. The lowest BCUT2D eigenvalue weighted by Gasteiger charge is -1.97. The highest BCUT2D eigenvalue weighted by Crippen LogP contribution is 2.10. The number of benzene rings is 1. The maximum absolute atomic E-state index is 11.9. The lowest BCUT2D eigenvalue weighted by Crippen LogP contribution is -2.19. The molecule has 0 aliphatic carbocycles. The number of rotatable bonds is 1. The number of fused-ring (bicyclic) bond motifs is 3. The number of nitrogens with zero attached hydrogens (tertiary/aromatic N) is 4. The molecule has 0 atom stereocenters. The Morgan fingerprint density at radius 1 is 1.31 bits per heavy atom. The second-order valence-corrected chi connectivity index (χ2v) is 3.58. The van der Waals surface area contributed by atoms with Gasteiger partial charge in [-0.05, 0) is 12.1 Å². The molecule has 0 saturated heterocycles. The van der Waals surface area contributed by atoms with Crippen molar-refractivity contribution in [1.29, 1.82) is 0 Å². The summed E-state index contributed by atoms with van der Waals surface area (Å²) in [6.45, 7) is 0. The van der Waals surface area contributed by atoms with E-state index in [0.717, 1.165) is 11.0 Å². The molecule has 0 N–H and O–H groups in total. The van der Waals surface area contributed by atoms with Crippen LogP contribution in [0.3, 0.4) is 0 Å². The highest BCUT2D eigenvalue weighted by molar-refractivity contribution is 6.15. The molecule has 0 spiro atoms. The summed E-state index contributed by atoms with van der Waals surface area (Å²) in [7, 11) is 0. The molecule has 0 saturated carbocycles. The SMILES string of the molecule is O=c1n(CCl)nc2cnc3ccccc3n12. The summed E-state index contributed by atoms with van der Waals surface area (Å²) in [6.07, 6.45) is 1.56. The molecule has 0 unspecified atom stereocenters. The minimum Gasteiger partial charge on any atom is -0.251 e. The van der Waals surface area contributed by atoms with E-state index in [-0.39, 0.29) is 11.7 Å². The molecule has 6 heteroatoms. The number of alkyl halides is 1. The molecule has 3 rings (SSSR count). The van der Waals surface area contributed by atoms with Crippen molar-refractivity contribution in [1.82, 2.24) is 19.2 Å². The minimum atomic E-state index is -0.247. The van der Waals surface area contributed by atoms with E-state index in [1.165, 1.54) is 9.08 Å². The fraction of sp³-hybridized carbons (Fsp3) is 0.100. The van der Waals surface area contributed by atoms with Crippen LogP contribution in [-0.2, 0) is 6.00 Å². The Morgan fingerprint density at radius 3 is 2.94 bits per heavy atom. The van der Waals surface area contributed by atoms with Crippen LogP contribution in [0.4, 0.5) is 0 Å². The van der Waals surface area contributed by atoms with Crippen LogP contribution in [0.1, 0.15) is 0 Å². The molecule has 2 aromatic heterocycles. The summed E-state index contributed by atoms with van der Waals surface area (Å²) in [4.78, 5) is 16.1. The Hall–Kier alpha value is -1.88. The van der Waals surface area contributed by atoms with Crippen LogP contribution in [0.5, 0.6) is 0 Å². The fourth-order valence-electron chi connectivity index (χ4n) is 1.70. The highest BCUT2D eigenvalue weighted by Gasteiger charge is 2.08. The quantitative estimate of drug-likeness (QED) is 0.596. The fourth-order valence-corrected chi connectivity index (χ4v) is 1.86. The van der Waals surface area contributed by atoms with Crippen molar-refractivity contribution < 1.29 is 0 Å². The first kappa shape index (κ1) is 9.35. The number of hydrogen-bond acceptors (Lipinski definition) is 3. The summed E-state index contributed by atoms with van der Waals surface area (Å²) < 4.78 is 2.70. The van der Waals surface area contributed by atoms with Crippen LogP contribution in [0, 0.1) is 0 Å². The van der Waals surface area contributed by atoms with Gasteiger partial charge in [0, 0.05) is 0 Å². The monoisotopic (exact) mass is 234 g/mol. The van der Waals surface area contributed by atoms with Gasteiger partial charge in [0.2, 0.25) is 0 Å². The molecule has 0 amide bonds. The minimum absolute atomic E-state index is 0.0365. The van der Waals surface area contributed by atoms with E-state index in [2.05, 4.69) is 10.1 Å². The van der Waals surface area contributed by atoms with Gasteiger partial charge in [0.1, 0.15) is 6.00 Å². The summed E-state index contributed by atoms with van der Waals surface area (Å²) in [5.41, 5.74) is 1.75. The van der Waals surface area contributed by atoms with E-state index in [1.54, 1.807) is 6.20 Å². The third-order valence-corrected chi connectivity index (χ3v) is 2.65. The van der Waals surface area contributed by atoms with E-state index in [0.29, 0.717) is 5.65 Å². The first-order valence-electron chi connectivity index (χ1n) is 4.70. The predicted molar refractivity (Wildman–Crippen MR) is 60.6 cm³/mol. The Balaban J connectivity index is 2.59. The van der Waals surface area contributed by atoms with E-state index in [4.69, 9.17) is 11.6 Å². The summed E-state index contributed by atoms with van der Waals surface area (Å²) in [5, 5.41) is 4.05. The van der Waals surface area contributed by atoms with Gasteiger partial charge in [0.15, 0.2) is 5.65 Å². The average Bonchev–Trinajstić information content (AvgIpc) is 2.66. The molecule has 0 aliphatic rings. The molecule has 0 fully saturated rings. The van der Waals surface area contributed by atoms with Crippen molar-refractivity contribution >= 4 is 28.3 Å². The van der Waals surface area contributed by atoms with Gasteiger partial charge in [0.05, 0.1) is 17.2 Å². The molecule has 1 aromatic carbocycles. The van der Waals surface area contributed by atoms with E-state index < -0.39 is 0 Å². The third kappa shape index (κ3) is 1.15. The summed E-state index contributed by atoms with van der Waals surface area (Å²) in [5.74, 6) is 0. The number of halogens is 1. The Morgan fingerprint density at radius 2 is 2.12 bits per heavy atom. The number of para-hydroxylation sites is 2. The van der Waals surface area contributed by atoms with Gasteiger partial charge >= 0.3 is 5.69 Å². The molecule has 5 nitrogen and oxygen atoms in total. The van der Waals surface area contributed by atoms with Crippen molar-refractivity contribution in [3.8, 4) is 0 Å². The molecule has 0 radical (unpaired) electrons. The van der Waals surface area contributed by atoms with Gasteiger partial charge in [-0.15, -0.1) is 16.7 Å². The first-order valence-corrected chi connectivity index (χ1v) is 5.24. The van der Waals surface area contributed by atoms with Crippen LogP contribution in [0.2, 0.25) is 0 Å². The van der Waals surface area contributed by atoms with Gasteiger partial charge in [-0.2, -0.15) is 4.68 Å². The zero-order chi connectivity index (χ0) is 11.1. The lowest BCUT2D eigenvalue weighted by atomic mass is 10.3. The molecule has 0 aliphatic heterocycles. The topological polar surface area (TPSA) is 52.2 Å². The zero-order valence-electron chi connectivity index (χ0n) is 8.17. The molecule has 2 heterocycles. The van der Waals surface area contributed by atoms with Crippen molar-refractivity contribution in [3.63, 3.8) is 0 Å². The van der Waals surface area contributed by atoms with Gasteiger partial charge < -0.3 is 0 Å². The third-order valence-electron chi connectivity index (χ3n) is 2.42. The second-order valence-electron chi connectivity index (χ2n) is 3.34. The van der Waals surface area contributed by atoms with Crippen molar-refractivity contribution in [2.45, 2.75) is 6.00 Å². The Labute approximate surface area is 94.9 Å². The smallest absolute Gasteiger partial charge is 0.251 e. The molecule has 0 bridgehead atoms.